The molecule has 0 spiro atoms. The number of carbonyl (C=O) groups excluding carboxylic acids is 2. The summed E-state index contributed by atoms with van der Waals surface area (Å²) in [5.74, 6) is 0.762. The van der Waals surface area contributed by atoms with Crippen LogP contribution in [0, 0.1) is 5.41 Å². The molecular formula is C34H47F3N6O3S. The number of piperazine rings is 1. The summed E-state index contributed by atoms with van der Waals surface area (Å²) in [4.78, 5) is 34.8. The first-order valence-corrected chi connectivity index (χ1v) is 16.8. The molecule has 1 fully saturated rings. The third-order valence-corrected chi connectivity index (χ3v) is 9.25. The molecule has 1 aliphatic rings. The van der Waals surface area contributed by atoms with Gasteiger partial charge in [0.05, 0.1) is 18.5 Å². The van der Waals surface area contributed by atoms with Gasteiger partial charge in [0.2, 0.25) is 11.8 Å². The van der Waals surface area contributed by atoms with Gasteiger partial charge < -0.3 is 19.9 Å². The molecule has 1 saturated heterocycles. The van der Waals surface area contributed by atoms with Crippen molar-refractivity contribution < 1.29 is 27.5 Å². The second kappa shape index (κ2) is 15.7. The van der Waals surface area contributed by atoms with Gasteiger partial charge in [0.15, 0.2) is 0 Å². The van der Waals surface area contributed by atoms with Gasteiger partial charge in [-0.1, -0.05) is 39.8 Å². The maximum atomic E-state index is 13.9. The molecule has 4 rings (SSSR count). The average molecular weight is 677 g/mol. The predicted octanol–water partition coefficient (Wildman–Crippen LogP) is 5.65. The number of nitrogens with one attached hydrogen (secondary N) is 1. The molecule has 1 aromatic carbocycles. The molecule has 1 aliphatic heterocycles. The third kappa shape index (κ3) is 10.3. The van der Waals surface area contributed by atoms with Crippen molar-refractivity contribution in [2.45, 2.75) is 65.8 Å². The number of ether oxygens (including phenoxy) is 1. The summed E-state index contributed by atoms with van der Waals surface area (Å²) in [6, 6.07) is 12.2. The van der Waals surface area contributed by atoms with Crippen LogP contribution < -0.4 is 10.1 Å². The molecule has 13 heteroatoms. The lowest BCUT2D eigenvalue weighted by atomic mass is 9.91. The van der Waals surface area contributed by atoms with Gasteiger partial charge in [0, 0.05) is 70.2 Å². The fourth-order valence-corrected chi connectivity index (χ4v) is 6.76. The smallest absolute Gasteiger partial charge is 0.433 e. The van der Waals surface area contributed by atoms with E-state index in [2.05, 4.69) is 15.3 Å². The van der Waals surface area contributed by atoms with Crippen LogP contribution in [0.2, 0.25) is 0 Å². The molecule has 0 saturated carbocycles. The molecule has 0 aliphatic carbocycles. The van der Waals surface area contributed by atoms with Crippen LogP contribution in [0.4, 0.5) is 13.2 Å². The monoisotopic (exact) mass is 676 g/mol. The van der Waals surface area contributed by atoms with Crippen molar-refractivity contribution in [1.29, 1.82) is 0 Å². The summed E-state index contributed by atoms with van der Waals surface area (Å²) < 4.78 is 46.6. The van der Waals surface area contributed by atoms with Gasteiger partial charge in [-0.05, 0) is 47.7 Å². The molecule has 258 valence electrons. The van der Waals surface area contributed by atoms with Crippen molar-refractivity contribution in [3.63, 3.8) is 0 Å². The van der Waals surface area contributed by atoms with E-state index >= 15 is 0 Å². The summed E-state index contributed by atoms with van der Waals surface area (Å²) in [6.07, 6.45) is -3.47. The van der Waals surface area contributed by atoms with Gasteiger partial charge in [-0.25, -0.2) is 0 Å². The van der Waals surface area contributed by atoms with Crippen LogP contribution in [0.25, 0.3) is 10.6 Å². The van der Waals surface area contributed by atoms with Crippen molar-refractivity contribution in [2.24, 2.45) is 12.5 Å². The van der Waals surface area contributed by atoms with E-state index < -0.39 is 11.9 Å². The van der Waals surface area contributed by atoms with Crippen molar-refractivity contribution >= 4 is 23.2 Å². The molecular weight excluding hydrogens is 629 g/mol. The number of thiophene rings is 1. The van der Waals surface area contributed by atoms with E-state index in [1.807, 2.05) is 67.8 Å². The second-order valence-electron chi connectivity index (χ2n) is 13.3. The zero-order valence-electron chi connectivity index (χ0n) is 28.2. The van der Waals surface area contributed by atoms with Crippen molar-refractivity contribution in [1.82, 2.24) is 29.8 Å². The number of hydrogen-bond acceptors (Lipinski definition) is 7. The number of methoxy groups -OCH3 is 1. The minimum atomic E-state index is -4.50. The largest absolute Gasteiger partial charge is 0.497 e. The van der Waals surface area contributed by atoms with Crippen molar-refractivity contribution in [2.75, 3.05) is 46.4 Å². The van der Waals surface area contributed by atoms with Gasteiger partial charge in [-0.2, -0.15) is 18.3 Å². The molecule has 0 unspecified atom stereocenters. The fraction of sp³-hybridized carbons (Fsp3) is 0.559. The topological polar surface area (TPSA) is 82.9 Å². The Morgan fingerprint density at radius 1 is 1.09 bits per heavy atom. The lowest BCUT2D eigenvalue weighted by Gasteiger charge is -2.37. The number of aryl methyl sites for hydroxylation is 1. The standard InChI is InChI=1S/C34H47F3N6O3S/c1-7-25(43(31(44)19-33(2,3)4)20-24-9-8-10-26(17-24)46-6)21-41(23-32(45)42-15-13-38-14-16-42)22-27-11-12-29(47-27)28-18-30(34(35,36)37)40(5)39-28/h8-12,17-18,25,38H,7,13-16,19-23H2,1-6H3/t25-/m0/s1. The Hall–Kier alpha value is -3.42. The first-order chi connectivity index (χ1) is 22.2. The van der Waals surface area contributed by atoms with Gasteiger partial charge in [-0.15, -0.1) is 11.3 Å². The summed E-state index contributed by atoms with van der Waals surface area (Å²) in [5, 5.41) is 7.39. The Morgan fingerprint density at radius 2 is 1.81 bits per heavy atom. The molecule has 9 nitrogen and oxygen atoms in total. The maximum absolute atomic E-state index is 13.9. The number of amides is 2. The number of nitrogens with zero attached hydrogens (tertiary/aromatic N) is 5. The van der Waals surface area contributed by atoms with Crippen LogP contribution in [-0.4, -0.2) is 88.7 Å². The Morgan fingerprint density at radius 3 is 2.43 bits per heavy atom. The number of halogens is 3. The molecule has 3 aromatic rings. The van der Waals surface area contributed by atoms with Crippen LogP contribution in [0.5, 0.6) is 5.75 Å². The first-order valence-electron chi connectivity index (χ1n) is 16.0. The third-order valence-electron chi connectivity index (χ3n) is 8.16. The molecule has 1 N–H and O–H groups in total. The number of alkyl halides is 3. The minimum Gasteiger partial charge on any atom is -0.497 e. The predicted molar refractivity (Wildman–Crippen MR) is 178 cm³/mol. The molecule has 3 heterocycles. The van der Waals surface area contributed by atoms with Crippen LogP contribution in [0.1, 0.15) is 56.7 Å². The number of benzene rings is 1. The highest BCUT2D eigenvalue weighted by atomic mass is 32.1. The molecule has 0 bridgehead atoms. The van der Waals surface area contributed by atoms with Crippen LogP contribution >= 0.6 is 11.3 Å². The quantitative estimate of drug-likeness (QED) is 0.252. The number of aromatic nitrogens is 2. The van der Waals surface area contributed by atoms with Crippen molar-refractivity contribution in [3.8, 4) is 16.3 Å². The van der Waals surface area contributed by atoms with Crippen LogP contribution in [0.3, 0.4) is 0 Å². The first kappa shape index (κ1) is 36.4. The SMILES string of the molecule is CC[C@@H](CN(CC(=O)N1CCNCC1)Cc1ccc(-c2cc(C(F)(F)F)n(C)n2)s1)N(Cc1cccc(OC)c1)C(=O)CC(C)(C)C. The highest BCUT2D eigenvalue weighted by molar-refractivity contribution is 7.15. The van der Waals surface area contributed by atoms with E-state index in [4.69, 9.17) is 4.74 Å². The summed E-state index contributed by atoms with van der Waals surface area (Å²) >= 11 is 1.36. The van der Waals surface area contributed by atoms with Gasteiger partial charge in [0.1, 0.15) is 17.1 Å². The van der Waals surface area contributed by atoms with Crippen molar-refractivity contribution in [3.05, 3.63) is 58.6 Å². The maximum Gasteiger partial charge on any atom is 0.433 e. The fourth-order valence-electron chi connectivity index (χ4n) is 5.75. The zero-order valence-corrected chi connectivity index (χ0v) is 29.0. The van der Waals surface area contributed by atoms with Gasteiger partial charge in [-0.3, -0.25) is 19.2 Å². The molecule has 1 atom stereocenters. The van der Waals surface area contributed by atoms with Gasteiger partial charge >= 0.3 is 6.18 Å². The Balaban J connectivity index is 1.62. The lowest BCUT2D eigenvalue weighted by Crippen LogP contribution is -2.52. The number of hydrogen-bond donors (Lipinski definition) is 1. The molecule has 0 radical (unpaired) electrons. The van der Waals surface area contributed by atoms with Gasteiger partial charge in [0.25, 0.3) is 0 Å². The van der Waals surface area contributed by atoms with E-state index in [0.717, 1.165) is 34.3 Å². The van der Waals surface area contributed by atoms with Crippen LogP contribution in [-0.2, 0) is 35.9 Å². The Labute approximate surface area is 279 Å². The highest BCUT2D eigenvalue weighted by Gasteiger charge is 2.35. The summed E-state index contributed by atoms with van der Waals surface area (Å²) in [7, 11) is 2.90. The lowest BCUT2D eigenvalue weighted by molar-refractivity contribution is -0.143. The Bertz CT molecular complexity index is 1490. The summed E-state index contributed by atoms with van der Waals surface area (Å²) in [5.41, 5.74) is 0.172. The highest BCUT2D eigenvalue weighted by Crippen LogP contribution is 2.34. The second-order valence-corrected chi connectivity index (χ2v) is 14.4. The molecule has 2 amide bonds. The summed E-state index contributed by atoms with van der Waals surface area (Å²) in [6.45, 7) is 12.3. The zero-order chi connectivity index (χ0) is 34.4. The molecule has 47 heavy (non-hydrogen) atoms. The van der Waals surface area contributed by atoms with E-state index in [9.17, 15) is 22.8 Å². The van der Waals surface area contributed by atoms with Crippen LogP contribution in [0.15, 0.2) is 42.5 Å². The normalized spacial score (nSPS) is 14.8. The van der Waals surface area contributed by atoms with E-state index in [0.29, 0.717) is 56.2 Å². The average Bonchev–Trinajstić information content (AvgIpc) is 3.64. The van der Waals surface area contributed by atoms with E-state index in [-0.39, 0.29) is 35.5 Å². The minimum absolute atomic E-state index is 0.0121. The molecule has 2 aromatic heterocycles. The number of rotatable bonds is 13. The van der Waals surface area contributed by atoms with E-state index in [1.54, 1.807) is 13.2 Å². The Kier molecular flexibility index (Phi) is 12.1. The number of carbonyl (C=O) groups is 2. The van der Waals surface area contributed by atoms with E-state index in [1.165, 1.54) is 18.4 Å².